The molecule has 2 rings (SSSR count). The van der Waals surface area contributed by atoms with Gasteiger partial charge in [0.15, 0.2) is 9.84 Å². The Hall–Kier alpha value is -0.400. The van der Waals surface area contributed by atoms with Crippen LogP contribution >= 0.6 is 11.6 Å². The van der Waals surface area contributed by atoms with Gasteiger partial charge in [-0.1, -0.05) is 6.42 Å². The van der Waals surface area contributed by atoms with Gasteiger partial charge in [-0.25, -0.2) is 8.42 Å². The Morgan fingerprint density at radius 2 is 1.81 bits per heavy atom. The number of nitrogens with one attached hydrogen (secondary N) is 1. The summed E-state index contributed by atoms with van der Waals surface area (Å²) in [6, 6.07) is -1.11. The molecule has 2 aliphatic carbocycles. The van der Waals surface area contributed by atoms with Crippen molar-refractivity contribution >= 4 is 21.4 Å². The molecule has 0 aliphatic heterocycles. The minimum atomic E-state index is -3.56. The molecule has 5 unspecified atom stereocenters. The Morgan fingerprint density at radius 3 is 2.43 bits per heavy atom. The lowest BCUT2D eigenvalue weighted by Crippen LogP contribution is -2.53. The van der Waals surface area contributed by atoms with Crippen molar-refractivity contribution in [3.8, 4) is 0 Å². The zero-order chi connectivity index (χ0) is 15.6. The molecule has 2 fully saturated rings. The van der Waals surface area contributed by atoms with Gasteiger partial charge < -0.3 is 5.32 Å². The SMILES string of the molecule is CNC1CCC(Cl)CC1S(=O)(=O)C1CCCCC1[N+](=O)[O-]. The van der Waals surface area contributed by atoms with E-state index in [4.69, 9.17) is 11.6 Å². The summed E-state index contributed by atoms with van der Waals surface area (Å²) in [6.45, 7) is 0. The van der Waals surface area contributed by atoms with Crippen molar-refractivity contribution in [1.29, 1.82) is 0 Å². The smallest absolute Gasteiger partial charge is 0.229 e. The molecular formula is C13H23ClN2O4S. The van der Waals surface area contributed by atoms with Crippen LogP contribution in [-0.4, -0.2) is 48.3 Å². The van der Waals surface area contributed by atoms with E-state index in [2.05, 4.69) is 5.32 Å². The molecular weight excluding hydrogens is 316 g/mol. The molecule has 0 spiro atoms. The number of nitro groups is 1. The van der Waals surface area contributed by atoms with Crippen LogP contribution < -0.4 is 5.32 Å². The van der Waals surface area contributed by atoms with E-state index in [0.717, 1.165) is 19.3 Å². The van der Waals surface area contributed by atoms with Crippen LogP contribution in [-0.2, 0) is 9.84 Å². The average Bonchev–Trinajstić information content (AvgIpc) is 2.47. The molecule has 0 amide bonds. The molecule has 0 radical (unpaired) electrons. The second-order valence-corrected chi connectivity index (χ2v) is 9.11. The quantitative estimate of drug-likeness (QED) is 0.479. The van der Waals surface area contributed by atoms with E-state index >= 15 is 0 Å². The molecule has 0 aromatic carbocycles. The van der Waals surface area contributed by atoms with Crippen molar-refractivity contribution in [1.82, 2.24) is 5.32 Å². The largest absolute Gasteiger partial charge is 0.316 e. The maximum atomic E-state index is 13.0. The summed E-state index contributed by atoms with van der Waals surface area (Å²) in [4.78, 5) is 10.8. The number of nitrogens with zero attached hydrogens (tertiary/aromatic N) is 1. The fourth-order valence-electron chi connectivity index (χ4n) is 3.70. The molecule has 0 heterocycles. The molecule has 0 aromatic heterocycles. The third-order valence-corrected chi connectivity index (χ3v) is 8.04. The summed E-state index contributed by atoms with van der Waals surface area (Å²) in [5.74, 6) is 0. The van der Waals surface area contributed by atoms with E-state index in [-0.39, 0.29) is 11.4 Å². The highest BCUT2D eigenvalue weighted by Gasteiger charge is 2.49. The highest BCUT2D eigenvalue weighted by Crippen LogP contribution is 2.35. The van der Waals surface area contributed by atoms with Gasteiger partial charge in [-0.05, 0) is 39.2 Å². The van der Waals surface area contributed by atoms with Crippen molar-refractivity contribution in [2.45, 2.75) is 72.9 Å². The molecule has 2 saturated carbocycles. The average molecular weight is 339 g/mol. The van der Waals surface area contributed by atoms with Crippen LogP contribution in [0, 0.1) is 10.1 Å². The Bertz CT molecular complexity index is 485. The highest BCUT2D eigenvalue weighted by atomic mass is 35.5. The molecule has 0 saturated heterocycles. The fourth-order valence-corrected chi connectivity index (χ4v) is 6.97. The second-order valence-electron chi connectivity index (χ2n) is 6.11. The van der Waals surface area contributed by atoms with Gasteiger partial charge in [0, 0.05) is 22.8 Å². The number of halogens is 1. The summed E-state index contributed by atoms with van der Waals surface area (Å²) in [6.07, 6.45) is 4.10. The van der Waals surface area contributed by atoms with E-state index in [9.17, 15) is 18.5 Å². The number of sulfone groups is 1. The van der Waals surface area contributed by atoms with Gasteiger partial charge in [0.25, 0.3) is 0 Å². The van der Waals surface area contributed by atoms with E-state index in [1.54, 1.807) is 7.05 Å². The van der Waals surface area contributed by atoms with Crippen LogP contribution in [0.5, 0.6) is 0 Å². The minimum absolute atomic E-state index is 0.153. The third kappa shape index (κ3) is 3.51. The van der Waals surface area contributed by atoms with Gasteiger partial charge in [-0.3, -0.25) is 10.1 Å². The maximum absolute atomic E-state index is 13.0. The van der Waals surface area contributed by atoms with Crippen LogP contribution in [0.25, 0.3) is 0 Å². The Balaban J connectivity index is 2.27. The molecule has 2 aliphatic rings. The van der Waals surface area contributed by atoms with Gasteiger partial charge in [0.2, 0.25) is 6.04 Å². The topological polar surface area (TPSA) is 89.3 Å². The lowest BCUT2D eigenvalue weighted by molar-refractivity contribution is -0.524. The standard InChI is InChI=1S/C13H23ClN2O4S/c1-15-10-7-6-9(14)8-13(10)21(19,20)12-5-3-2-4-11(12)16(17)18/h9-13,15H,2-8H2,1H3. The lowest BCUT2D eigenvalue weighted by atomic mass is 9.94. The number of alkyl halides is 1. The number of hydrogen-bond acceptors (Lipinski definition) is 5. The first-order chi connectivity index (χ1) is 9.87. The van der Waals surface area contributed by atoms with Crippen molar-refractivity contribution in [3.05, 3.63) is 10.1 Å². The molecule has 0 bridgehead atoms. The lowest BCUT2D eigenvalue weighted by Gasteiger charge is -2.37. The molecule has 6 nitrogen and oxygen atoms in total. The summed E-state index contributed by atoms with van der Waals surface area (Å²) in [7, 11) is -1.82. The first kappa shape index (κ1) is 17.0. The zero-order valence-corrected chi connectivity index (χ0v) is 13.8. The first-order valence-corrected chi connectivity index (χ1v) is 9.60. The molecule has 0 aromatic rings. The van der Waals surface area contributed by atoms with Crippen molar-refractivity contribution < 1.29 is 13.3 Å². The third-order valence-electron chi connectivity index (χ3n) is 4.88. The Kier molecular flexibility index (Phi) is 5.48. The van der Waals surface area contributed by atoms with Gasteiger partial charge in [0.1, 0.15) is 5.25 Å². The van der Waals surface area contributed by atoms with Crippen LogP contribution in [0.15, 0.2) is 0 Å². The van der Waals surface area contributed by atoms with Crippen LogP contribution in [0.3, 0.4) is 0 Å². The van der Waals surface area contributed by atoms with E-state index in [1.165, 1.54) is 0 Å². The molecule has 1 N–H and O–H groups in total. The summed E-state index contributed by atoms with van der Waals surface area (Å²) in [5, 5.41) is 12.6. The minimum Gasteiger partial charge on any atom is -0.316 e. The predicted molar refractivity (Wildman–Crippen MR) is 82.1 cm³/mol. The van der Waals surface area contributed by atoms with Gasteiger partial charge in [0.05, 0.1) is 5.25 Å². The fraction of sp³-hybridized carbons (Fsp3) is 1.00. The van der Waals surface area contributed by atoms with Gasteiger partial charge >= 0.3 is 0 Å². The normalized spacial score (nSPS) is 38.1. The zero-order valence-electron chi connectivity index (χ0n) is 12.2. The molecule has 8 heteroatoms. The number of hydrogen-bond donors (Lipinski definition) is 1. The maximum Gasteiger partial charge on any atom is 0.229 e. The second kappa shape index (κ2) is 6.79. The summed E-state index contributed by atoms with van der Waals surface area (Å²) >= 11 is 6.15. The summed E-state index contributed by atoms with van der Waals surface area (Å²) < 4.78 is 25.9. The van der Waals surface area contributed by atoms with Crippen LogP contribution in [0.1, 0.15) is 44.9 Å². The van der Waals surface area contributed by atoms with Crippen LogP contribution in [0.4, 0.5) is 0 Å². The monoisotopic (exact) mass is 338 g/mol. The van der Waals surface area contributed by atoms with Crippen molar-refractivity contribution in [2.75, 3.05) is 7.05 Å². The Labute approximate surface area is 130 Å². The molecule has 5 atom stereocenters. The van der Waals surface area contributed by atoms with Crippen LogP contribution in [0.2, 0.25) is 0 Å². The van der Waals surface area contributed by atoms with E-state index in [0.29, 0.717) is 25.7 Å². The van der Waals surface area contributed by atoms with Crippen molar-refractivity contribution in [2.24, 2.45) is 0 Å². The Morgan fingerprint density at radius 1 is 1.14 bits per heavy atom. The molecule has 21 heavy (non-hydrogen) atoms. The van der Waals surface area contributed by atoms with E-state index < -0.39 is 31.3 Å². The van der Waals surface area contributed by atoms with Gasteiger partial charge in [-0.15, -0.1) is 11.6 Å². The highest BCUT2D eigenvalue weighted by molar-refractivity contribution is 7.92. The van der Waals surface area contributed by atoms with Crippen molar-refractivity contribution in [3.63, 3.8) is 0 Å². The summed E-state index contributed by atoms with van der Waals surface area (Å²) in [5.41, 5.74) is 0. The number of rotatable bonds is 4. The first-order valence-electron chi connectivity index (χ1n) is 7.55. The predicted octanol–water partition coefficient (Wildman–Crippen LogP) is 1.74. The molecule has 122 valence electrons. The van der Waals surface area contributed by atoms with Gasteiger partial charge in [-0.2, -0.15) is 0 Å². The van der Waals surface area contributed by atoms with E-state index in [1.807, 2.05) is 0 Å².